The molecule has 0 saturated heterocycles. The molecule has 0 radical (unpaired) electrons. The van der Waals surface area contributed by atoms with Crippen LogP contribution in [0.25, 0.3) is 11.1 Å². The summed E-state index contributed by atoms with van der Waals surface area (Å²) >= 11 is 3.29. The molecule has 0 unspecified atom stereocenters. The molecular weight excluding hydrogens is 347 g/mol. The highest BCUT2D eigenvalue weighted by Gasteiger charge is 2.33. The molecule has 0 atom stereocenters. The summed E-state index contributed by atoms with van der Waals surface area (Å²) in [6, 6.07) is 10.2. The fourth-order valence-electron chi connectivity index (χ4n) is 1.90. The number of hydrogen-bond donors (Lipinski definition) is 0. The highest BCUT2D eigenvalue weighted by molar-refractivity contribution is 9.10. The minimum Gasteiger partial charge on any atom is -0.496 e. The van der Waals surface area contributed by atoms with E-state index in [0.29, 0.717) is 21.3 Å². The van der Waals surface area contributed by atoms with Crippen molar-refractivity contribution in [3.05, 3.63) is 52.0 Å². The number of methoxy groups -OCH3 is 1. The minimum atomic E-state index is -4.56. The molecule has 0 heterocycles. The summed E-state index contributed by atoms with van der Waals surface area (Å²) in [4.78, 5) is 0. The highest BCUT2D eigenvalue weighted by atomic mass is 79.9. The molecule has 2 aromatic carbocycles. The molecule has 0 amide bonds. The van der Waals surface area contributed by atoms with Crippen molar-refractivity contribution >= 4 is 15.9 Å². The van der Waals surface area contributed by atoms with Crippen LogP contribution < -0.4 is 4.74 Å². The number of alkyl halides is 3. The van der Waals surface area contributed by atoms with Crippen LogP contribution in [0.3, 0.4) is 0 Å². The second-order valence-corrected chi connectivity index (χ2v) is 5.07. The first-order valence-corrected chi connectivity index (χ1v) is 6.61. The molecule has 2 nitrogen and oxygen atoms in total. The van der Waals surface area contributed by atoms with Crippen LogP contribution >= 0.6 is 15.9 Å². The molecule has 0 aliphatic heterocycles. The molecular formula is C15H9BrF3NO. The second-order valence-electron chi connectivity index (χ2n) is 4.22. The van der Waals surface area contributed by atoms with Crippen molar-refractivity contribution in [3.8, 4) is 22.9 Å². The maximum absolute atomic E-state index is 12.9. The Labute approximate surface area is 127 Å². The molecule has 0 aliphatic rings. The van der Waals surface area contributed by atoms with Crippen LogP contribution in [0.4, 0.5) is 13.2 Å². The van der Waals surface area contributed by atoms with Gasteiger partial charge in [0.05, 0.1) is 28.8 Å². The molecule has 0 N–H and O–H groups in total. The Morgan fingerprint density at radius 3 is 2.24 bits per heavy atom. The third-order valence-corrected chi connectivity index (χ3v) is 3.55. The number of hydrogen-bond acceptors (Lipinski definition) is 2. The van der Waals surface area contributed by atoms with Gasteiger partial charge in [-0.05, 0) is 51.3 Å². The predicted octanol–water partition coefficient (Wildman–Crippen LogP) is 5.02. The molecule has 0 bridgehead atoms. The number of benzene rings is 2. The third kappa shape index (κ3) is 3.19. The molecule has 2 rings (SSSR count). The van der Waals surface area contributed by atoms with Crippen LogP contribution in [0.1, 0.15) is 11.1 Å². The average Bonchev–Trinajstić information content (AvgIpc) is 2.45. The Bertz CT molecular complexity index is 720. The summed E-state index contributed by atoms with van der Waals surface area (Å²) in [5.41, 5.74) is -0.351. The number of rotatable bonds is 2. The summed E-state index contributed by atoms with van der Waals surface area (Å²) in [6.07, 6.45) is -4.56. The normalized spacial score (nSPS) is 11.0. The molecule has 0 fully saturated rings. The minimum absolute atomic E-state index is 0.379. The largest absolute Gasteiger partial charge is 0.496 e. The predicted molar refractivity (Wildman–Crippen MR) is 75.8 cm³/mol. The van der Waals surface area contributed by atoms with Crippen LogP contribution in [0, 0.1) is 11.3 Å². The van der Waals surface area contributed by atoms with Gasteiger partial charge >= 0.3 is 6.18 Å². The van der Waals surface area contributed by atoms with Gasteiger partial charge in [0, 0.05) is 0 Å². The van der Waals surface area contributed by atoms with Gasteiger partial charge in [0.2, 0.25) is 0 Å². The van der Waals surface area contributed by atoms with E-state index in [2.05, 4.69) is 15.9 Å². The van der Waals surface area contributed by atoms with Crippen LogP contribution in [0.15, 0.2) is 40.9 Å². The van der Waals surface area contributed by atoms with Gasteiger partial charge in [-0.15, -0.1) is 0 Å². The summed E-state index contributed by atoms with van der Waals surface area (Å²) in [7, 11) is 1.50. The first-order chi connectivity index (χ1) is 9.86. The highest BCUT2D eigenvalue weighted by Crippen LogP contribution is 2.36. The monoisotopic (exact) mass is 355 g/mol. The molecule has 0 aliphatic carbocycles. The third-order valence-electron chi connectivity index (χ3n) is 2.93. The molecule has 0 saturated carbocycles. The molecule has 21 heavy (non-hydrogen) atoms. The van der Waals surface area contributed by atoms with E-state index in [4.69, 9.17) is 10.00 Å². The standard InChI is InChI=1S/C15H9BrF3NO/c1-21-14-5-4-10(7-13(14)16)9-2-3-11(8-20)12(6-9)15(17,18)19/h2-7H,1H3. The second kappa shape index (κ2) is 5.78. The van der Waals surface area contributed by atoms with Gasteiger partial charge in [-0.2, -0.15) is 18.4 Å². The fourth-order valence-corrected chi connectivity index (χ4v) is 2.44. The smallest absolute Gasteiger partial charge is 0.417 e. The van der Waals surface area contributed by atoms with Crippen molar-refractivity contribution in [2.24, 2.45) is 0 Å². The Morgan fingerprint density at radius 2 is 1.71 bits per heavy atom. The molecule has 2 aromatic rings. The van der Waals surface area contributed by atoms with Crippen LogP contribution in [0.2, 0.25) is 0 Å². The first-order valence-electron chi connectivity index (χ1n) is 5.82. The van der Waals surface area contributed by atoms with Gasteiger partial charge in [-0.1, -0.05) is 12.1 Å². The Balaban J connectivity index is 2.56. The maximum Gasteiger partial charge on any atom is 0.417 e. The van der Waals surface area contributed by atoms with Gasteiger partial charge in [-0.3, -0.25) is 0 Å². The first kappa shape index (κ1) is 15.4. The van der Waals surface area contributed by atoms with Crippen LogP contribution in [-0.4, -0.2) is 7.11 Å². The van der Waals surface area contributed by atoms with E-state index in [9.17, 15) is 13.2 Å². The zero-order valence-electron chi connectivity index (χ0n) is 10.8. The lowest BCUT2D eigenvalue weighted by Gasteiger charge is -2.12. The van der Waals surface area contributed by atoms with Crippen LogP contribution in [0.5, 0.6) is 5.75 Å². The SMILES string of the molecule is COc1ccc(-c2ccc(C#N)c(C(F)(F)F)c2)cc1Br. The molecule has 0 spiro atoms. The summed E-state index contributed by atoms with van der Waals surface area (Å²) in [5.74, 6) is 0.587. The number of ether oxygens (including phenoxy) is 1. The van der Waals surface area contributed by atoms with E-state index >= 15 is 0 Å². The van der Waals surface area contributed by atoms with E-state index in [1.54, 1.807) is 24.3 Å². The van der Waals surface area contributed by atoms with Crippen molar-refractivity contribution < 1.29 is 17.9 Å². The Hall–Kier alpha value is -2.00. The van der Waals surface area contributed by atoms with E-state index in [0.717, 1.165) is 6.07 Å². The topological polar surface area (TPSA) is 33.0 Å². The maximum atomic E-state index is 12.9. The van der Waals surface area contributed by atoms with Gasteiger partial charge in [0.25, 0.3) is 0 Å². The number of halogens is 4. The molecule has 6 heteroatoms. The lowest BCUT2D eigenvalue weighted by atomic mass is 9.99. The van der Waals surface area contributed by atoms with Crippen molar-refractivity contribution in [3.63, 3.8) is 0 Å². The van der Waals surface area contributed by atoms with Crippen molar-refractivity contribution in [2.45, 2.75) is 6.18 Å². The summed E-state index contributed by atoms with van der Waals surface area (Å²) < 4.78 is 44.6. The van der Waals surface area contributed by atoms with E-state index in [1.807, 2.05) is 0 Å². The summed E-state index contributed by atoms with van der Waals surface area (Å²) in [5, 5.41) is 8.78. The molecule has 0 aromatic heterocycles. The summed E-state index contributed by atoms with van der Waals surface area (Å²) in [6.45, 7) is 0. The van der Waals surface area contributed by atoms with Gasteiger partial charge in [0.1, 0.15) is 5.75 Å². The van der Waals surface area contributed by atoms with Gasteiger partial charge in [-0.25, -0.2) is 0 Å². The quantitative estimate of drug-likeness (QED) is 0.757. The zero-order chi connectivity index (χ0) is 15.6. The fraction of sp³-hybridized carbons (Fsp3) is 0.133. The van der Waals surface area contributed by atoms with E-state index in [-0.39, 0.29) is 5.56 Å². The number of nitriles is 1. The zero-order valence-corrected chi connectivity index (χ0v) is 12.4. The lowest BCUT2D eigenvalue weighted by molar-refractivity contribution is -0.137. The van der Waals surface area contributed by atoms with Crippen molar-refractivity contribution in [1.82, 2.24) is 0 Å². The average molecular weight is 356 g/mol. The Morgan fingerprint density at radius 1 is 1.10 bits per heavy atom. The Kier molecular flexibility index (Phi) is 4.24. The van der Waals surface area contributed by atoms with E-state index < -0.39 is 11.7 Å². The van der Waals surface area contributed by atoms with Gasteiger partial charge in [0.15, 0.2) is 0 Å². The van der Waals surface area contributed by atoms with Gasteiger partial charge < -0.3 is 4.74 Å². The molecule has 108 valence electrons. The van der Waals surface area contributed by atoms with Crippen LogP contribution in [-0.2, 0) is 6.18 Å². The number of nitrogens with zero attached hydrogens (tertiary/aromatic N) is 1. The van der Waals surface area contributed by atoms with Crippen molar-refractivity contribution in [2.75, 3.05) is 7.11 Å². The van der Waals surface area contributed by atoms with Crippen molar-refractivity contribution in [1.29, 1.82) is 5.26 Å². The van der Waals surface area contributed by atoms with E-state index in [1.165, 1.54) is 19.2 Å². The lowest BCUT2D eigenvalue weighted by Crippen LogP contribution is -2.07.